The maximum Gasteiger partial charge on any atom is 0.234 e. The molecule has 0 radical (unpaired) electrons. The first kappa shape index (κ1) is 15.7. The lowest BCUT2D eigenvalue weighted by Crippen LogP contribution is -2.41. The van der Waals surface area contributed by atoms with Crippen LogP contribution in [-0.2, 0) is 4.79 Å². The summed E-state index contributed by atoms with van der Waals surface area (Å²) in [5.41, 5.74) is 7.51. The highest BCUT2D eigenvalue weighted by atomic mass is 32.1. The van der Waals surface area contributed by atoms with Gasteiger partial charge < -0.3 is 5.73 Å². The van der Waals surface area contributed by atoms with E-state index in [0.29, 0.717) is 6.42 Å². The summed E-state index contributed by atoms with van der Waals surface area (Å²) >= 11 is 1.66. The molecular formula is C16H21N3OS. The number of hydrogen-bond acceptors (Lipinski definition) is 4. The first-order valence-corrected chi connectivity index (χ1v) is 7.92. The number of nitrogens with one attached hydrogen (secondary N) is 1. The van der Waals surface area contributed by atoms with Crippen LogP contribution in [-0.4, -0.2) is 16.9 Å². The Balaban J connectivity index is 2.21. The van der Waals surface area contributed by atoms with Crippen molar-refractivity contribution in [2.45, 2.75) is 39.3 Å². The summed E-state index contributed by atoms with van der Waals surface area (Å²) in [5.74, 6) is -0.310. The number of rotatable bonds is 6. The lowest BCUT2D eigenvalue weighted by atomic mass is 10.1. The zero-order chi connectivity index (χ0) is 15.4. The number of carbonyl (C=O) groups is 1. The lowest BCUT2D eigenvalue weighted by molar-refractivity contribution is -0.120. The summed E-state index contributed by atoms with van der Waals surface area (Å²) in [5, 5.41) is 4.29. The van der Waals surface area contributed by atoms with E-state index in [4.69, 9.17) is 5.73 Å². The summed E-state index contributed by atoms with van der Waals surface area (Å²) in [6.07, 6.45) is 0.684. The minimum atomic E-state index is -0.310. The van der Waals surface area contributed by atoms with Crippen molar-refractivity contribution in [3.8, 4) is 10.6 Å². The van der Waals surface area contributed by atoms with Crippen LogP contribution >= 0.6 is 11.3 Å². The van der Waals surface area contributed by atoms with Gasteiger partial charge in [0.05, 0.1) is 11.7 Å². The second-order valence-electron chi connectivity index (χ2n) is 5.09. The molecule has 0 fully saturated rings. The normalized spacial score (nSPS) is 13.9. The van der Waals surface area contributed by atoms with Crippen LogP contribution in [0.25, 0.3) is 10.6 Å². The largest absolute Gasteiger partial charge is 0.368 e. The number of hydrogen-bond donors (Lipinski definition) is 2. The van der Waals surface area contributed by atoms with E-state index in [1.807, 2.05) is 39.0 Å². The molecule has 0 aliphatic rings. The molecule has 5 heteroatoms. The van der Waals surface area contributed by atoms with Gasteiger partial charge >= 0.3 is 0 Å². The molecule has 1 aromatic carbocycles. The average molecular weight is 303 g/mol. The number of aryl methyl sites for hydroxylation is 1. The van der Waals surface area contributed by atoms with Crippen LogP contribution in [0, 0.1) is 6.92 Å². The highest BCUT2D eigenvalue weighted by molar-refractivity contribution is 7.15. The van der Waals surface area contributed by atoms with Gasteiger partial charge in [0, 0.05) is 16.5 Å². The summed E-state index contributed by atoms with van der Waals surface area (Å²) in [6, 6.07) is 9.87. The van der Waals surface area contributed by atoms with Gasteiger partial charge in [0.2, 0.25) is 5.91 Å². The third-order valence-corrected chi connectivity index (χ3v) is 4.84. The second kappa shape index (κ2) is 6.83. The van der Waals surface area contributed by atoms with E-state index in [2.05, 4.69) is 22.4 Å². The molecule has 2 rings (SSSR count). The Kier molecular flexibility index (Phi) is 5.09. The molecule has 0 saturated heterocycles. The fourth-order valence-electron chi connectivity index (χ4n) is 2.29. The Labute approximate surface area is 129 Å². The Bertz CT molecular complexity index is 609. The minimum Gasteiger partial charge on any atom is -0.368 e. The van der Waals surface area contributed by atoms with Crippen molar-refractivity contribution in [1.29, 1.82) is 0 Å². The minimum absolute atomic E-state index is 0.0532. The highest BCUT2D eigenvalue weighted by Crippen LogP contribution is 2.31. The molecule has 1 heterocycles. The van der Waals surface area contributed by atoms with Gasteiger partial charge in [-0.3, -0.25) is 10.1 Å². The molecule has 21 heavy (non-hydrogen) atoms. The van der Waals surface area contributed by atoms with Gasteiger partial charge in [0.15, 0.2) is 0 Å². The predicted molar refractivity (Wildman–Crippen MR) is 87.1 cm³/mol. The number of carbonyl (C=O) groups excluding carboxylic acids is 1. The van der Waals surface area contributed by atoms with E-state index >= 15 is 0 Å². The Hall–Kier alpha value is -1.72. The zero-order valence-corrected chi connectivity index (χ0v) is 13.4. The first-order chi connectivity index (χ1) is 10.0. The molecule has 0 bridgehead atoms. The van der Waals surface area contributed by atoms with E-state index in [1.165, 1.54) is 0 Å². The van der Waals surface area contributed by atoms with E-state index in [1.54, 1.807) is 11.3 Å². The van der Waals surface area contributed by atoms with Crippen LogP contribution in [0.3, 0.4) is 0 Å². The van der Waals surface area contributed by atoms with Gasteiger partial charge in [-0.05, 0) is 20.3 Å². The molecule has 3 N–H and O–H groups in total. The van der Waals surface area contributed by atoms with Crippen LogP contribution < -0.4 is 11.1 Å². The molecule has 2 aromatic rings. The summed E-state index contributed by atoms with van der Waals surface area (Å²) < 4.78 is 0. The van der Waals surface area contributed by atoms with Crippen molar-refractivity contribution >= 4 is 17.2 Å². The van der Waals surface area contributed by atoms with E-state index in [9.17, 15) is 4.79 Å². The fraction of sp³-hybridized carbons (Fsp3) is 0.375. The molecule has 0 aliphatic carbocycles. The molecule has 0 spiro atoms. The molecule has 2 atom stereocenters. The Morgan fingerprint density at radius 3 is 2.62 bits per heavy atom. The number of nitrogens with two attached hydrogens (primary N) is 1. The van der Waals surface area contributed by atoms with Gasteiger partial charge in [-0.2, -0.15) is 0 Å². The van der Waals surface area contributed by atoms with Crippen molar-refractivity contribution < 1.29 is 4.79 Å². The van der Waals surface area contributed by atoms with E-state index < -0.39 is 0 Å². The van der Waals surface area contributed by atoms with E-state index in [-0.39, 0.29) is 18.0 Å². The van der Waals surface area contributed by atoms with Gasteiger partial charge in [0.1, 0.15) is 5.01 Å². The smallest absolute Gasteiger partial charge is 0.234 e. The topological polar surface area (TPSA) is 68.0 Å². The van der Waals surface area contributed by atoms with Crippen molar-refractivity contribution in [2.75, 3.05) is 0 Å². The maximum atomic E-state index is 11.4. The molecule has 1 aromatic heterocycles. The number of thiazole rings is 1. The third kappa shape index (κ3) is 3.68. The Morgan fingerprint density at radius 1 is 1.38 bits per heavy atom. The average Bonchev–Trinajstić information content (AvgIpc) is 2.87. The molecule has 1 amide bonds. The van der Waals surface area contributed by atoms with Gasteiger partial charge in [-0.15, -0.1) is 11.3 Å². The number of amides is 1. The van der Waals surface area contributed by atoms with Crippen LogP contribution in [0.5, 0.6) is 0 Å². The molecule has 112 valence electrons. The summed E-state index contributed by atoms with van der Waals surface area (Å²) in [4.78, 5) is 17.1. The number of benzene rings is 1. The summed E-state index contributed by atoms with van der Waals surface area (Å²) in [7, 11) is 0. The standard InChI is InChI=1S/C16H21N3OS/c1-4-13(15(17)20)18-10(2)14-11(3)19-16(21-14)12-8-6-5-7-9-12/h5-10,13,18H,4H2,1-3H3,(H2,17,20)/t10-,13+/m1/s1. The van der Waals surface area contributed by atoms with Crippen molar-refractivity contribution in [2.24, 2.45) is 5.73 Å². The molecule has 0 unspecified atom stereocenters. The van der Waals surface area contributed by atoms with Crippen LogP contribution in [0.4, 0.5) is 0 Å². The van der Waals surface area contributed by atoms with Crippen LogP contribution in [0.15, 0.2) is 30.3 Å². The first-order valence-electron chi connectivity index (χ1n) is 7.11. The number of primary amides is 1. The number of nitrogens with zero attached hydrogens (tertiary/aromatic N) is 1. The predicted octanol–water partition coefficient (Wildman–Crippen LogP) is 3.03. The molecule has 0 aliphatic heterocycles. The van der Waals surface area contributed by atoms with Crippen molar-refractivity contribution in [1.82, 2.24) is 10.3 Å². The highest BCUT2D eigenvalue weighted by Gasteiger charge is 2.20. The zero-order valence-electron chi connectivity index (χ0n) is 12.6. The Morgan fingerprint density at radius 2 is 2.05 bits per heavy atom. The quantitative estimate of drug-likeness (QED) is 0.862. The van der Waals surface area contributed by atoms with Gasteiger partial charge in [-0.1, -0.05) is 37.3 Å². The molecule has 0 saturated carbocycles. The van der Waals surface area contributed by atoms with Gasteiger partial charge in [-0.25, -0.2) is 4.98 Å². The van der Waals surface area contributed by atoms with Crippen molar-refractivity contribution in [3.63, 3.8) is 0 Å². The number of aromatic nitrogens is 1. The molecular weight excluding hydrogens is 282 g/mol. The second-order valence-corrected chi connectivity index (χ2v) is 6.12. The monoisotopic (exact) mass is 303 g/mol. The van der Waals surface area contributed by atoms with E-state index in [0.717, 1.165) is 21.1 Å². The molecule has 4 nitrogen and oxygen atoms in total. The third-order valence-electron chi connectivity index (χ3n) is 3.45. The van der Waals surface area contributed by atoms with Crippen LogP contribution in [0.1, 0.15) is 36.9 Å². The van der Waals surface area contributed by atoms with Crippen LogP contribution in [0.2, 0.25) is 0 Å². The SMILES string of the molecule is CC[C@H](N[C@H](C)c1sc(-c2ccccc2)nc1C)C(N)=O. The van der Waals surface area contributed by atoms with Gasteiger partial charge in [0.25, 0.3) is 0 Å². The maximum absolute atomic E-state index is 11.4. The summed E-state index contributed by atoms with van der Waals surface area (Å²) in [6.45, 7) is 5.99. The lowest BCUT2D eigenvalue weighted by Gasteiger charge is -2.19. The fourth-order valence-corrected chi connectivity index (χ4v) is 3.38. The van der Waals surface area contributed by atoms with Crippen molar-refractivity contribution in [3.05, 3.63) is 40.9 Å².